The Balaban J connectivity index is 1.62. The lowest BCUT2D eigenvalue weighted by Crippen LogP contribution is -2.62. The van der Waals surface area contributed by atoms with Crippen LogP contribution in [0, 0.1) is 11.8 Å². The maximum atomic E-state index is 14.6. The number of H-pyrrole nitrogens is 1. The van der Waals surface area contributed by atoms with E-state index in [1.54, 1.807) is 65.1 Å². The lowest BCUT2D eigenvalue weighted by molar-refractivity contribution is -0.145. The second-order valence-electron chi connectivity index (χ2n) is 18.8. The molecule has 4 rings (SSSR count). The number of benzene rings is 2. The van der Waals surface area contributed by atoms with Gasteiger partial charge in [0.1, 0.15) is 42.3 Å². The lowest BCUT2D eigenvalue weighted by atomic mass is 9.96. The van der Waals surface area contributed by atoms with E-state index in [2.05, 4.69) is 52.2 Å². The van der Waals surface area contributed by atoms with E-state index >= 15 is 0 Å². The molecular weight excluding hydrogens is 993 g/mol. The number of guanidine groups is 1. The highest BCUT2D eigenvalue weighted by Gasteiger charge is 2.41. The van der Waals surface area contributed by atoms with Gasteiger partial charge >= 0.3 is 5.97 Å². The van der Waals surface area contributed by atoms with Gasteiger partial charge in [-0.25, -0.2) is 23.3 Å². The van der Waals surface area contributed by atoms with Crippen molar-refractivity contribution in [3.05, 3.63) is 83.9 Å². The number of imidazole rings is 1. The summed E-state index contributed by atoms with van der Waals surface area (Å²) >= 11 is 0. The molecule has 0 aliphatic carbocycles. The van der Waals surface area contributed by atoms with Crippen molar-refractivity contribution in [3.8, 4) is 0 Å². The van der Waals surface area contributed by atoms with Crippen molar-refractivity contribution >= 4 is 63.3 Å². The average Bonchev–Trinajstić information content (AvgIpc) is 4.08. The maximum absolute atomic E-state index is 14.6. The quantitative estimate of drug-likeness (QED) is 0.0204. The molecule has 0 unspecified atom stereocenters. The summed E-state index contributed by atoms with van der Waals surface area (Å²) in [6, 6.07) is 5.11. The number of primary sulfonamides is 1. The van der Waals surface area contributed by atoms with Crippen LogP contribution in [0.15, 0.2) is 77.0 Å². The molecule has 25 nitrogen and oxygen atoms in total. The lowest BCUT2D eigenvalue weighted by Gasteiger charge is -2.32. The first-order chi connectivity index (χ1) is 35.5. The molecule has 3 aromatic rings. The molecule has 26 heteroatoms. The maximum Gasteiger partial charge on any atom is 0.326 e. The molecule has 1 fully saturated rings. The average molecular weight is 1070 g/mol. The largest absolute Gasteiger partial charge is 0.480 e. The number of aromatic nitrogens is 2. The minimum atomic E-state index is -4.10. The van der Waals surface area contributed by atoms with Crippen LogP contribution in [0.1, 0.15) is 76.6 Å². The van der Waals surface area contributed by atoms with E-state index in [-0.39, 0.29) is 69.0 Å². The van der Waals surface area contributed by atoms with Crippen molar-refractivity contribution in [2.75, 3.05) is 26.7 Å². The number of hydrogen-bond donors (Lipinski definition) is 12. The van der Waals surface area contributed by atoms with Crippen molar-refractivity contribution in [1.29, 1.82) is 0 Å². The van der Waals surface area contributed by atoms with Gasteiger partial charge in [-0.1, -0.05) is 76.6 Å². The molecule has 15 N–H and O–H groups in total. The second-order valence-corrected chi connectivity index (χ2v) is 20.3. The standard InChI is InChI=1S/C49H72N14O11S/c1-6-29(4)41(46(69)59-36(24-32-25-54-27-56-32)47(70)63-21-11-15-38(63)44(67)60-37(48(71)72)23-30-12-8-7-9-13-30)62-43(66)35(22-31-16-18-33(19-17-31)75(52,73)74)58-45(68)40(28(2)3)61-42(65)34(57-39(64)26-53-5)14-10-20-55-49(50)51/h7-9,12-13,16-19,25,27-29,34-38,40-41,53H,6,10-11,14-15,20-24,26H2,1-5H3,(H,54,56)(H,57,64)(H,58,68)(H,59,69)(H,60,67)(H,61,65)(H,62,66)(H,71,72)(H4,50,51,55)(H2,52,73,74)/t29-,34-,35-,36-,37-,38-,40-,41-/m0/s1. The van der Waals surface area contributed by atoms with Crippen molar-refractivity contribution in [2.45, 2.75) is 126 Å². The fourth-order valence-corrected chi connectivity index (χ4v) is 8.86. The zero-order valence-electron chi connectivity index (χ0n) is 42.8. The van der Waals surface area contributed by atoms with Gasteiger partial charge in [-0.15, -0.1) is 0 Å². The number of amides is 7. The molecule has 1 saturated heterocycles. The highest BCUT2D eigenvalue weighted by Crippen LogP contribution is 2.21. The Kier molecular flexibility index (Phi) is 23.1. The Morgan fingerprint density at radius 2 is 1.40 bits per heavy atom. The Bertz CT molecular complexity index is 2560. The Hall–Kier alpha value is -7.45. The van der Waals surface area contributed by atoms with E-state index in [0.29, 0.717) is 29.7 Å². The van der Waals surface area contributed by atoms with Crippen molar-refractivity contribution < 1.29 is 51.9 Å². The molecule has 2 heterocycles. The summed E-state index contributed by atoms with van der Waals surface area (Å²) in [5.74, 6) is -7.58. The summed E-state index contributed by atoms with van der Waals surface area (Å²) in [5, 5.41) is 34.2. The van der Waals surface area contributed by atoms with Gasteiger partial charge in [0.2, 0.25) is 51.4 Å². The predicted molar refractivity (Wildman–Crippen MR) is 276 cm³/mol. The molecule has 0 spiro atoms. The summed E-state index contributed by atoms with van der Waals surface area (Å²) in [6.07, 6.45) is 3.81. The van der Waals surface area contributed by atoms with Crippen LogP contribution < -0.4 is 53.8 Å². The monoisotopic (exact) mass is 1060 g/mol. The number of likely N-dealkylation sites (tertiary alicyclic amines) is 1. The normalized spacial score (nSPS) is 16.2. The summed E-state index contributed by atoms with van der Waals surface area (Å²) in [4.78, 5) is 123. The summed E-state index contributed by atoms with van der Waals surface area (Å²) < 4.78 is 24.2. The molecular formula is C49H72N14O11S. The minimum Gasteiger partial charge on any atom is -0.480 e. The number of sulfonamides is 1. The van der Waals surface area contributed by atoms with Crippen molar-refractivity contribution in [1.82, 2.24) is 52.1 Å². The molecule has 8 atom stereocenters. The first-order valence-electron chi connectivity index (χ1n) is 24.7. The van der Waals surface area contributed by atoms with Crippen LogP contribution in [0.4, 0.5) is 0 Å². The van der Waals surface area contributed by atoms with Gasteiger partial charge in [0, 0.05) is 44.2 Å². The van der Waals surface area contributed by atoms with E-state index in [0.717, 1.165) is 0 Å². The van der Waals surface area contributed by atoms with Gasteiger partial charge < -0.3 is 63.7 Å². The third kappa shape index (κ3) is 18.8. The molecule has 0 saturated carbocycles. The van der Waals surface area contributed by atoms with Crippen LogP contribution in [-0.2, 0) is 67.6 Å². The smallest absolute Gasteiger partial charge is 0.326 e. The van der Waals surface area contributed by atoms with Gasteiger partial charge in [-0.2, -0.15) is 0 Å². The highest BCUT2D eigenvalue weighted by molar-refractivity contribution is 7.89. The van der Waals surface area contributed by atoms with Crippen LogP contribution in [0.25, 0.3) is 0 Å². The number of carbonyl (C=O) groups is 8. The fraction of sp³-hybridized carbons (Fsp3) is 0.510. The Morgan fingerprint density at radius 3 is 1.99 bits per heavy atom. The topological polar surface area (TPSA) is 397 Å². The number of carboxylic acids is 1. The van der Waals surface area contributed by atoms with Gasteiger partial charge in [-0.05, 0) is 67.8 Å². The second kappa shape index (κ2) is 28.9. The van der Waals surface area contributed by atoms with Gasteiger partial charge in [0.25, 0.3) is 0 Å². The van der Waals surface area contributed by atoms with E-state index in [1.165, 1.54) is 41.7 Å². The number of aliphatic imine (C=N–C) groups is 1. The SMILES string of the molecule is CC[C@H](C)[C@H](NC(=O)[C@H](Cc1ccc(S(N)(=O)=O)cc1)NC(=O)[C@@H](NC(=O)[C@H](CCCN=C(N)N)NC(=O)CNC)C(C)C)C(=O)N[C@@H](Cc1cnc[nH]1)C(=O)N1CCC[C@H]1C(=O)N[C@@H](Cc1ccccc1)C(=O)O. The summed E-state index contributed by atoms with van der Waals surface area (Å²) in [7, 11) is -2.55. The number of carbonyl (C=O) groups excluding carboxylic acids is 7. The molecule has 7 amide bonds. The number of nitrogens with two attached hydrogens (primary N) is 3. The van der Waals surface area contributed by atoms with Crippen molar-refractivity contribution in [2.24, 2.45) is 33.4 Å². The van der Waals surface area contributed by atoms with E-state index < -0.39 is 111 Å². The third-order valence-electron chi connectivity index (χ3n) is 12.6. The molecule has 1 aliphatic heterocycles. The van der Waals surface area contributed by atoms with E-state index in [9.17, 15) is 51.9 Å². The molecule has 410 valence electrons. The summed E-state index contributed by atoms with van der Waals surface area (Å²) in [6.45, 7) is 6.93. The Morgan fingerprint density at radius 1 is 0.787 bits per heavy atom. The van der Waals surface area contributed by atoms with Crippen LogP contribution in [-0.4, -0.2) is 151 Å². The van der Waals surface area contributed by atoms with Gasteiger partial charge in [0.05, 0.1) is 17.8 Å². The fourth-order valence-electron chi connectivity index (χ4n) is 8.34. The first kappa shape index (κ1) is 60.1. The number of rotatable bonds is 29. The van der Waals surface area contributed by atoms with Crippen molar-refractivity contribution in [3.63, 3.8) is 0 Å². The highest BCUT2D eigenvalue weighted by atomic mass is 32.2. The number of likely N-dealkylation sites (N-methyl/N-ethyl adjacent to an activating group) is 1. The molecule has 1 aliphatic rings. The molecule has 0 bridgehead atoms. The predicted octanol–water partition coefficient (Wildman–Crippen LogP) is -1.96. The molecule has 2 aromatic carbocycles. The molecule has 0 radical (unpaired) electrons. The number of carboxylic acid groups (broad SMARTS) is 1. The Labute approximate surface area is 436 Å². The van der Waals surface area contributed by atoms with E-state index in [1.807, 2.05) is 0 Å². The van der Waals surface area contributed by atoms with Gasteiger partial charge in [0.15, 0.2) is 5.96 Å². The van der Waals surface area contributed by atoms with Crippen LogP contribution in [0.2, 0.25) is 0 Å². The minimum absolute atomic E-state index is 0.00346. The number of aliphatic carboxylic acids is 1. The van der Waals surface area contributed by atoms with Gasteiger partial charge in [-0.3, -0.25) is 38.6 Å². The number of nitrogens with one attached hydrogen (secondary N) is 8. The molecule has 75 heavy (non-hydrogen) atoms. The van der Waals surface area contributed by atoms with E-state index in [4.69, 9.17) is 16.6 Å². The number of hydrogen-bond acceptors (Lipinski definition) is 13. The third-order valence-corrected chi connectivity index (χ3v) is 13.6. The zero-order chi connectivity index (χ0) is 55.4. The number of aromatic amines is 1. The zero-order valence-corrected chi connectivity index (χ0v) is 43.7. The first-order valence-corrected chi connectivity index (χ1v) is 26.2. The summed E-state index contributed by atoms with van der Waals surface area (Å²) in [5.41, 5.74) is 12.4. The van der Waals surface area contributed by atoms with Crippen LogP contribution in [0.5, 0.6) is 0 Å². The van der Waals surface area contributed by atoms with Crippen LogP contribution in [0.3, 0.4) is 0 Å². The van der Waals surface area contributed by atoms with Crippen LogP contribution >= 0.6 is 0 Å². The number of nitrogens with zero attached hydrogens (tertiary/aromatic N) is 3. The molecule has 1 aromatic heterocycles.